The quantitative estimate of drug-likeness (QED) is 0.667. The highest BCUT2D eigenvalue weighted by Gasteiger charge is 2.17. The van der Waals surface area contributed by atoms with Crippen molar-refractivity contribution in [2.24, 2.45) is 5.73 Å². The molecule has 108 valence electrons. The maximum absolute atomic E-state index is 13.6. The number of halogens is 1. The average Bonchev–Trinajstić information content (AvgIpc) is 2.47. The summed E-state index contributed by atoms with van der Waals surface area (Å²) in [6.45, 7) is 0.300. The van der Waals surface area contributed by atoms with E-state index in [2.05, 4.69) is 5.32 Å². The molecule has 0 aromatic heterocycles. The zero-order chi connectivity index (χ0) is 15.4. The summed E-state index contributed by atoms with van der Waals surface area (Å²) in [5.41, 5.74) is 5.99. The van der Waals surface area contributed by atoms with E-state index in [1.165, 1.54) is 0 Å². The van der Waals surface area contributed by atoms with Gasteiger partial charge >= 0.3 is 0 Å². The van der Waals surface area contributed by atoms with Crippen molar-refractivity contribution in [3.05, 3.63) is 69.5 Å². The molecular formula is C14H12FN3O3. The van der Waals surface area contributed by atoms with Crippen molar-refractivity contribution >= 4 is 17.3 Å². The normalized spacial score (nSPS) is 10.2. The molecule has 7 heteroatoms. The van der Waals surface area contributed by atoms with Crippen LogP contribution in [0.15, 0.2) is 42.5 Å². The Kier molecular flexibility index (Phi) is 4.24. The van der Waals surface area contributed by atoms with Crippen molar-refractivity contribution in [1.29, 1.82) is 0 Å². The predicted octanol–water partition coefficient (Wildman–Crippen LogP) is 2.44. The molecule has 0 aliphatic heterocycles. The number of non-ortho nitro benzene ring substituents is 1. The Morgan fingerprint density at radius 3 is 2.71 bits per heavy atom. The molecule has 0 radical (unpaired) electrons. The summed E-state index contributed by atoms with van der Waals surface area (Å²) in [4.78, 5) is 22.0. The first-order valence-corrected chi connectivity index (χ1v) is 6.05. The lowest BCUT2D eigenvalue weighted by atomic mass is 10.1. The Hall–Kier alpha value is -2.80. The van der Waals surface area contributed by atoms with E-state index in [4.69, 9.17) is 5.73 Å². The van der Waals surface area contributed by atoms with Crippen LogP contribution in [0.3, 0.4) is 0 Å². The second-order valence-electron chi connectivity index (χ2n) is 4.28. The van der Waals surface area contributed by atoms with Gasteiger partial charge in [0.2, 0.25) is 0 Å². The van der Waals surface area contributed by atoms with Crippen LogP contribution in [0, 0.1) is 15.9 Å². The third kappa shape index (κ3) is 3.40. The Bertz CT molecular complexity index is 704. The highest BCUT2D eigenvalue weighted by molar-refractivity contribution is 6.04. The highest BCUT2D eigenvalue weighted by Crippen LogP contribution is 2.19. The van der Waals surface area contributed by atoms with Gasteiger partial charge in [0.25, 0.3) is 11.6 Å². The maximum Gasteiger partial charge on any atom is 0.270 e. The summed E-state index contributed by atoms with van der Waals surface area (Å²) >= 11 is 0. The van der Waals surface area contributed by atoms with Crippen molar-refractivity contribution in [2.75, 3.05) is 5.32 Å². The minimum atomic E-state index is -0.826. The van der Waals surface area contributed by atoms with Crippen molar-refractivity contribution in [3.63, 3.8) is 0 Å². The number of carbonyl (C=O) groups is 1. The van der Waals surface area contributed by atoms with E-state index in [0.717, 1.165) is 23.8 Å². The smallest absolute Gasteiger partial charge is 0.270 e. The number of nitrogens with two attached hydrogens (primary N) is 1. The van der Waals surface area contributed by atoms with Crippen molar-refractivity contribution in [1.82, 2.24) is 0 Å². The van der Waals surface area contributed by atoms with Crippen LogP contribution in [-0.2, 0) is 6.54 Å². The highest BCUT2D eigenvalue weighted by atomic mass is 19.1. The number of amides is 1. The second-order valence-corrected chi connectivity index (χ2v) is 4.28. The van der Waals surface area contributed by atoms with Crippen molar-refractivity contribution < 1.29 is 14.1 Å². The van der Waals surface area contributed by atoms with Gasteiger partial charge in [-0.2, -0.15) is 0 Å². The number of hydrogen-bond acceptors (Lipinski definition) is 4. The molecule has 21 heavy (non-hydrogen) atoms. The lowest BCUT2D eigenvalue weighted by molar-refractivity contribution is -0.384. The molecule has 0 aliphatic rings. The maximum atomic E-state index is 13.6. The minimum absolute atomic E-state index is 0.300. The third-order valence-electron chi connectivity index (χ3n) is 2.83. The monoisotopic (exact) mass is 289 g/mol. The van der Waals surface area contributed by atoms with Gasteiger partial charge in [-0.3, -0.25) is 14.9 Å². The van der Waals surface area contributed by atoms with E-state index in [9.17, 15) is 19.3 Å². The van der Waals surface area contributed by atoms with Crippen LogP contribution >= 0.6 is 0 Å². The summed E-state index contributed by atoms with van der Waals surface area (Å²) < 4.78 is 13.6. The molecule has 0 heterocycles. The fourth-order valence-electron chi connectivity index (χ4n) is 1.78. The standard InChI is InChI=1S/C14H12FN3O3/c15-13-5-4-11(18(20)21)7-12(13)14(19)17-10-3-1-2-9(6-10)8-16/h1-7H,8,16H2,(H,17,19). The summed E-state index contributed by atoms with van der Waals surface area (Å²) in [5, 5.41) is 13.1. The molecule has 0 aliphatic carbocycles. The zero-order valence-corrected chi connectivity index (χ0v) is 10.9. The summed E-state index contributed by atoms with van der Waals surface area (Å²) in [7, 11) is 0. The number of carbonyl (C=O) groups excluding carboxylic acids is 1. The van der Waals surface area contributed by atoms with E-state index in [1.807, 2.05) is 0 Å². The Labute approximate surface area is 119 Å². The summed E-state index contributed by atoms with van der Waals surface area (Å²) in [6, 6.07) is 9.53. The molecule has 2 aromatic rings. The molecule has 3 N–H and O–H groups in total. The molecule has 0 saturated heterocycles. The van der Waals surface area contributed by atoms with Gasteiger partial charge in [-0.25, -0.2) is 4.39 Å². The van der Waals surface area contributed by atoms with E-state index in [1.54, 1.807) is 24.3 Å². The number of nitro benzene ring substituents is 1. The predicted molar refractivity (Wildman–Crippen MR) is 75.3 cm³/mol. The number of benzene rings is 2. The molecule has 0 bridgehead atoms. The first-order valence-electron chi connectivity index (χ1n) is 6.05. The topological polar surface area (TPSA) is 98.3 Å². The molecule has 2 aromatic carbocycles. The van der Waals surface area contributed by atoms with E-state index >= 15 is 0 Å². The lowest BCUT2D eigenvalue weighted by Gasteiger charge is -2.07. The number of rotatable bonds is 4. The Morgan fingerprint density at radius 1 is 1.29 bits per heavy atom. The average molecular weight is 289 g/mol. The van der Waals surface area contributed by atoms with Crippen LogP contribution in [0.2, 0.25) is 0 Å². The van der Waals surface area contributed by atoms with Crippen LogP contribution in [-0.4, -0.2) is 10.8 Å². The molecule has 0 unspecified atom stereocenters. The largest absolute Gasteiger partial charge is 0.326 e. The van der Waals surface area contributed by atoms with Crippen LogP contribution in [0.5, 0.6) is 0 Å². The Morgan fingerprint density at radius 2 is 2.05 bits per heavy atom. The molecule has 0 fully saturated rings. The van der Waals surface area contributed by atoms with Crippen molar-refractivity contribution in [3.8, 4) is 0 Å². The Balaban J connectivity index is 2.27. The number of hydrogen-bond donors (Lipinski definition) is 2. The van der Waals surface area contributed by atoms with Crippen LogP contribution in [0.1, 0.15) is 15.9 Å². The fourth-order valence-corrected chi connectivity index (χ4v) is 1.78. The van der Waals surface area contributed by atoms with Crippen LogP contribution in [0.25, 0.3) is 0 Å². The van der Waals surface area contributed by atoms with Gasteiger partial charge in [0.1, 0.15) is 5.82 Å². The van der Waals surface area contributed by atoms with E-state index in [-0.39, 0.29) is 11.3 Å². The van der Waals surface area contributed by atoms with Crippen molar-refractivity contribution in [2.45, 2.75) is 6.54 Å². The zero-order valence-electron chi connectivity index (χ0n) is 10.9. The molecule has 0 spiro atoms. The molecule has 6 nitrogen and oxygen atoms in total. The third-order valence-corrected chi connectivity index (χ3v) is 2.83. The van der Waals surface area contributed by atoms with Gasteiger partial charge in [0.05, 0.1) is 10.5 Å². The van der Waals surface area contributed by atoms with Gasteiger partial charge in [-0.15, -0.1) is 0 Å². The van der Waals surface area contributed by atoms with Gasteiger partial charge in [-0.05, 0) is 23.8 Å². The molecular weight excluding hydrogens is 277 g/mol. The second kappa shape index (κ2) is 6.10. The first-order chi connectivity index (χ1) is 10.0. The van der Waals surface area contributed by atoms with Gasteiger partial charge < -0.3 is 11.1 Å². The van der Waals surface area contributed by atoms with Gasteiger partial charge in [-0.1, -0.05) is 12.1 Å². The molecule has 1 amide bonds. The molecule has 0 atom stereocenters. The summed E-state index contributed by atoms with van der Waals surface area (Å²) in [5.74, 6) is -1.58. The summed E-state index contributed by atoms with van der Waals surface area (Å²) in [6.07, 6.45) is 0. The number of nitrogens with zero attached hydrogens (tertiary/aromatic N) is 1. The number of nitro groups is 1. The van der Waals surface area contributed by atoms with Crippen LogP contribution < -0.4 is 11.1 Å². The minimum Gasteiger partial charge on any atom is -0.326 e. The van der Waals surface area contributed by atoms with E-state index in [0.29, 0.717) is 12.2 Å². The SMILES string of the molecule is NCc1cccc(NC(=O)c2cc([N+](=O)[O-])ccc2F)c1. The van der Waals surface area contributed by atoms with E-state index < -0.39 is 16.6 Å². The molecule has 2 rings (SSSR count). The number of anilines is 1. The van der Waals surface area contributed by atoms with Gasteiger partial charge in [0.15, 0.2) is 0 Å². The fraction of sp³-hybridized carbons (Fsp3) is 0.0714. The first kappa shape index (κ1) is 14.6. The van der Waals surface area contributed by atoms with Gasteiger partial charge in [0, 0.05) is 24.4 Å². The molecule has 0 saturated carbocycles. The number of nitrogens with one attached hydrogen (secondary N) is 1. The lowest BCUT2D eigenvalue weighted by Crippen LogP contribution is -2.14. The van der Waals surface area contributed by atoms with Crippen LogP contribution in [0.4, 0.5) is 15.8 Å².